The minimum atomic E-state index is -3.83. The summed E-state index contributed by atoms with van der Waals surface area (Å²) in [6.45, 7) is 5.49. The highest BCUT2D eigenvalue weighted by molar-refractivity contribution is 7.90. The van der Waals surface area contributed by atoms with Gasteiger partial charge in [0.2, 0.25) is 21.8 Å². The molecule has 0 saturated carbocycles. The second-order valence-electron chi connectivity index (χ2n) is 9.68. The van der Waals surface area contributed by atoms with Crippen molar-refractivity contribution in [3.63, 3.8) is 0 Å². The lowest BCUT2D eigenvalue weighted by Crippen LogP contribution is -2.45. The molecule has 1 amide bonds. The number of ether oxygens (including phenoxy) is 2. The number of carbonyl (C=O) groups is 1. The number of hydrogen-bond acceptors (Lipinski definition) is 9. The number of fused-ring (bicyclic) bond motifs is 1. The molecule has 3 N–H and O–H groups in total. The van der Waals surface area contributed by atoms with Crippen LogP contribution >= 0.6 is 0 Å². The van der Waals surface area contributed by atoms with Crippen LogP contribution in [0.3, 0.4) is 0 Å². The number of nitrogens with two attached hydrogens (primary N) is 1. The van der Waals surface area contributed by atoms with E-state index in [1.165, 1.54) is 4.90 Å². The van der Waals surface area contributed by atoms with E-state index in [4.69, 9.17) is 19.7 Å². The summed E-state index contributed by atoms with van der Waals surface area (Å²) in [5.41, 5.74) is 9.84. The third-order valence-corrected chi connectivity index (χ3v) is 7.83. The summed E-state index contributed by atoms with van der Waals surface area (Å²) in [6, 6.07) is 10.5. The Morgan fingerprint density at radius 1 is 1.24 bits per heavy atom. The zero-order chi connectivity index (χ0) is 26.9. The van der Waals surface area contributed by atoms with Crippen molar-refractivity contribution in [2.24, 2.45) is 0 Å². The number of carbonyl (C=O) groups excluding carboxylic acids is 1. The van der Waals surface area contributed by atoms with Crippen LogP contribution in [0.2, 0.25) is 0 Å². The van der Waals surface area contributed by atoms with Crippen LogP contribution < -0.4 is 15.2 Å². The molecule has 0 unspecified atom stereocenters. The Bertz CT molecular complexity index is 1430. The third-order valence-electron chi connectivity index (χ3n) is 6.56. The molecule has 1 aliphatic heterocycles. The molecule has 11 nitrogen and oxygen atoms in total. The third kappa shape index (κ3) is 5.66. The largest absolute Gasteiger partial charge is 0.489 e. The summed E-state index contributed by atoms with van der Waals surface area (Å²) in [6.07, 6.45) is 1.20. The van der Waals surface area contributed by atoms with Crippen molar-refractivity contribution in [1.29, 1.82) is 0 Å². The number of aromatic nitrogens is 2. The van der Waals surface area contributed by atoms with Gasteiger partial charge in [0.1, 0.15) is 11.5 Å². The molecule has 2 aliphatic rings. The zero-order valence-electron chi connectivity index (χ0n) is 21.3. The van der Waals surface area contributed by atoms with Gasteiger partial charge in [0.05, 0.1) is 25.0 Å². The van der Waals surface area contributed by atoms with Crippen LogP contribution in [0, 0.1) is 0 Å². The van der Waals surface area contributed by atoms with Gasteiger partial charge in [0, 0.05) is 30.3 Å². The number of nitrogens with zero attached hydrogens (tertiary/aromatic N) is 3. The Kier molecular flexibility index (Phi) is 7.37. The summed E-state index contributed by atoms with van der Waals surface area (Å²) in [5.74, 6) is 0.305. The van der Waals surface area contributed by atoms with E-state index in [2.05, 4.69) is 14.9 Å². The Morgan fingerprint density at radius 2 is 2.03 bits per heavy atom. The molecule has 1 aromatic heterocycles. The van der Waals surface area contributed by atoms with Gasteiger partial charge in [-0.05, 0) is 56.0 Å². The number of rotatable bonds is 8. The minimum absolute atomic E-state index is 0.00288. The van der Waals surface area contributed by atoms with E-state index in [1.807, 2.05) is 38.1 Å². The fraction of sp³-hybridized carbons (Fsp3) is 0.423. The molecule has 5 rings (SSSR count). The van der Waals surface area contributed by atoms with Gasteiger partial charge in [-0.1, -0.05) is 23.4 Å². The average molecular weight is 542 g/mol. The van der Waals surface area contributed by atoms with Crippen LogP contribution in [0.1, 0.15) is 37.4 Å². The first-order valence-electron chi connectivity index (χ1n) is 12.6. The molecule has 1 atom stereocenters. The summed E-state index contributed by atoms with van der Waals surface area (Å²) in [4.78, 5) is 18.6. The molecule has 202 valence electrons. The Hall–Kier alpha value is -3.48. The summed E-state index contributed by atoms with van der Waals surface area (Å²) in [5, 5.41) is 4.17. The van der Waals surface area contributed by atoms with Crippen molar-refractivity contribution in [2.45, 2.75) is 38.8 Å². The van der Waals surface area contributed by atoms with Crippen LogP contribution in [0.4, 0.5) is 5.69 Å². The van der Waals surface area contributed by atoms with E-state index in [0.717, 1.165) is 16.7 Å². The fourth-order valence-corrected chi connectivity index (χ4v) is 6.07. The van der Waals surface area contributed by atoms with Gasteiger partial charge in [0.25, 0.3) is 5.89 Å². The van der Waals surface area contributed by atoms with Crippen molar-refractivity contribution in [3.8, 4) is 28.6 Å². The van der Waals surface area contributed by atoms with E-state index in [9.17, 15) is 13.2 Å². The molecule has 0 bridgehead atoms. The van der Waals surface area contributed by atoms with E-state index >= 15 is 0 Å². The number of amides is 1. The van der Waals surface area contributed by atoms with Gasteiger partial charge in [-0.15, -0.1) is 0 Å². The van der Waals surface area contributed by atoms with Gasteiger partial charge in [0.15, 0.2) is 0 Å². The lowest BCUT2D eigenvalue weighted by Gasteiger charge is -2.27. The first-order chi connectivity index (χ1) is 18.2. The Balaban J connectivity index is 1.32. The normalized spacial score (nSPS) is 17.6. The van der Waals surface area contributed by atoms with E-state index in [1.54, 1.807) is 12.1 Å². The second-order valence-corrected chi connectivity index (χ2v) is 11.4. The number of anilines is 1. The smallest absolute Gasteiger partial charge is 0.258 e. The highest BCUT2D eigenvalue weighted by Gasteiger charge is 2.31. The average Bonchev–Trinajstić information content (AvgIpc) is 3.53. The van der Waals surface area contributed by atoms with Crippen molar-refractivity contribution in [2.75, 3.05) is 37.8 Å². The molecule has 38 heavy (non-hydrogen) atoms. The molecular weight excluding hydrogens is 510 g/mol. The number of morpholine rings is 1. The van der Waals surface area contributed by atoms with Crippen molar-refractivity contribution < 1.29 is 27.2 Å². The monoisotopic (exact) mass is 541 g/mol. The minimum Gasteiger partial charge on any atom is -0.489 e. The Labute approximate surface area is 221 Å². The maximum Gasteiger partial charge on any atom is 0.258 e. The molecule has 0 spiro atoms. The van der Waals surface area contributed by atoms with Gasteiger partial charge in [-0.2, -0.15) is 4.98 Å². The molecule has 1 saturated heterocycles. The summed E-state index contributed by atoms with van der Waals surface area (Å²) < 4.78 is 44.8. The predicted octanol–water partition coefficient (Wildman–Crippen LogP) is 2.54. The number of sulfonamides is 1. The highest BCUT2D eigenvalue weighted by atomic mass is 32.2. The first-order valence-corrected chi connectivity index (χ1v) is 14.2. The predicted molar refractivity (Wildman–Crippen MR) is 141 cm³/mol. The van der Waals surface area contributed by atoms with E-state index < -0.39 is 27.7 Å². The number of benzene rings is 2. The standard InChI is InChI=1S/C26H31N5O6S/c1-16(2)36-23-9-6-17(14-21(23)27)26-28-25(29-37-26)20-5-3-4-19-18(20)7-8-22(19)30-38(33,34)15-24(32)31-10-12-35-13-11-31/h3-6,9,14,16,22,30H,7-8,10-13,15,27H2,1-2H3/t22-/m0/s1. The quantitative estimate of drug-likeness (QED) is 0.410. The molecule has 0 radical (unpaired) electrons. The van der Waals surface area contributed by atoms with Gasteiger partial charge in [-0.3, -0.25) is 4.79 Å². The molecule has 1 aliphatic carbocycles. The van der Waals surface area contributed by atoms with Crippen LogP contribution in [0.15, 0.2) is 40.9 Å². The van der Waals surface area contributed by atoms with Crippen molar-refractivity contribution in [1.82, 2.24) is 19.8 Å². The molecular formula is C26H31N5O6S. The van der Waals surface area contributed by atoms with Crippen LogP contribution in [-0.2, 0) is 26.0 Å². The molecule has 1 fully saturated rings. The van der Waals surface area contributed by atoms with Crippen LogP contribution in [-0.4, -0.2) is 67.5 Å². The fourth-order valence-electron chi connectivity index (χ4n) is 4.80. The molecule has 3 aromatic rings. The maximum absolute atomic E-state index is 12.8. The van der Waals surface area contributed by atoms with Crippen LogP contribution in [0.5, 0.6) is 5.75 Å². The van der Waals surface area contributed by atoms with Gasteiger partial charge < -0.3 is 24.6 Å². The second kappa shape index (κ2) is 10.7. The van der Waals surface area contributed by atoms with Crippen molar-refractivity contribution in [3.05, 3.63) is 47.5 Å². The van der Waals surface area contributed by atoms with Gasteiger partial charge >= 0.3 is 0 Å². The summed E-state index contributed by atoms with van der Waals surface area (Å²) >= 11 is 0. The number of hydrogen-bond donors (Lipinski definition) is 2. The molecule has 2 aromatic carbocycles. The van der Waals surface area contributed by atoms with E-state index in [0.29, 0.717) is 67.9 Å². The number of nitrogens with one attached hydrogen (secondary N) is 1. The first kappa shape index (κ1) is 26.1. The Morgan fingerprint density at radius 3 is 2.76 bits per heavy atom. The topological polar surface area (TPSA) is 150 Å². The maximum atomic E-state index is 12.8. The lowest BCUT2D eigenvalue weighted by atomic mass is 10.0. The summed E-state index contributed by atoms with van der Waals surface area (Å²) in [7, 11) is -3.83. The highest BCUT2D eigenvalue weighted by Crippen LogP contribution is 2.38. The van der Waals surface area contributed by atoms with Gasteiger partial charge in [-0.25, -0.2) is 13.1 Å². The van der Waals surface area contributed by atoms with Crippen molar-refractivity contribution >= 4 is 21.6 Å². The molecule has 12 heteroatoms. The lowest BCUT2D eigenvalue weighted by molar-refractivity contribution is -0.132. The zero-order valence-corrected chi connectivity index (χ0v) is 22.2. The SMILES string of the molecule is CC(C)Oc1ccc(-c2nc(-c3cccc4c3CC[C@@H]4NS(=O)(=O)CC(=O)N3CCOCC3)no2)cc1N. The molecule has 2 heterocycles. The van der Waals surface area contributed by atoms with E-state index in [-0.39, 0.29) is 6.10 Å². The van der Waals surface area contributed by atoms with Crippen LogP contribution in [0.25, 0.3) is 22.8 Å². The number of nitrogen functional groups attached to an aromatic ring is 1.